The first-order valence-electron chi connectivity index (χ1n) is 6.30. The molecule has 0 saturated carbocycles. The second-order valence-corrected chi connectivity index (χ2v) is 4.58. The fraction of sp³-hybridized carbons (Fsp3) is 0.0588. The van der Waals surface area contributed by atoms with Gasteiger partial charge in [-0.05, 0) is 42.8 Å². The summed E-state index contributed by atoms with van der Waals surface area (Å²) in [7, 11) is 0. The van der Waals surface area contributed by atoms with E-state index in [1.807, 2.05) is 55.6 Å². The lowest BCUT2D eigenvalue weighted by molar-refractivity contribution is 0.595. The van der Waals surface area contributed by atoms with Crippen LogP contribution in [0.2, 0.25) is 0 Å². The maximum atomic E-state index is 8.93. The van der Waals surface area contributed by atoms with Crippen molar-refractivity contribution in [1.82, 2.24) is 4.98 Å². The van der Waals surface area contributed by atoms with Gasteiger partial charge in [-0.15, -0.1) is 0 Å². The lowest BCUT2D eigenvalue weighted by Gasteiger charge is -1.99. The van der Waals surface area contributed by atoms with Gasteiger partial charge in [-0.1, -0.05) is 18.2 Å². The molecule has 3 aromatic rings. The fourth-order valence-electron chi connectivity index (χ4n) is 1.99. The number of nitriles is 1. The van der Waals surface area contributed by atoms with Crippen LogP contribution in [0.1, 0.15) is 11.1 Å². The van der Waals surface area contributed by atoms with Crippen LogP contribution in [-0.2, 0) is 0 Å². The topological polar surface area (TPSA) is 49.8 Å². The molecule has 0 spiro atoms. The van der Waals surface area contributed by atoms with Crippen LogP contribution >= 0.6 is 0 Å². The van der Waals surface area contributed by atoms with Crippen LogP contribution in [0.25, 0.3) is 22.8 Å². The number of furan rings is 1. The summed E-state index contributed by atoms with van der Waals surface area (Å²) in [5.41, 5.74) is 3.43. The van der Waals surface area contributed by atoms with Gasteiger partial charge in [-0.3, -0.25) is 4.98 Å². The number of rotatable bonds is 2. The summed E-state index contributed by atoms with van der Waals surface area (Å²) in [6, 6.07) is 17.2. The quantitative estimate of drug-likeness (QED) is 0.694. The second-order valence-electron chi connectivity index (χ2n) is 4.58. The summed E-state index contributed by atoms with van der Waals surface area (Å²) in [5, 5.41) is 8.93. The Morgan fingerprint density at radius 1 is 1.05 bits per heavy atom. The van der Waals surface area contributed by atoms with Crippen molar-refractivity contribution < 1.29 is 4.42 Å². The highest BCUT2D eigenvalue weighted by Crippen LogP contribution is 2.27. The molecule has 2 aromatic heterocycles. The third-order valence-electron chi connectivity index (χ3n) is 3.05. The largest absolute Gasteiger partial charge is 0.454 e. The van der Waals surface area contributed by atoms with Crippen LogP contribution in [0.4, 0.5) is 0 Å². The van der Waals surface area contributed by atoms with Gasteiger partial charge in [0.05, 0.1) is 11.6 Å². The average molecular weight is 260 g/mol. The zero-order valence-corrected chi connectivity index (χ0v) is 11.0. The van der Waals surface area contributed by atoms with E-state index < -0.39 is 0 Å². The van der Waals surface area contributed by atoms with Gasteiger partial charge in [-0.2, -0.15) is 5.26 Å². The Morgan fingerprint density at radius 3 is 2.65 bits per heavy atom. The van der Waals surface area contributed by atoms with Crippen LogP contribution < -0.4 is 0 Å². The predicted molar refractivity (Wildman–Crippen MR) is 76.8 cm³/mol. The van der Waals surface area contributed by atoms with E-state index in [4.69, 9.17) is 9.68 Å². The third-order valence-corrected chi connectivity index (χ3v) is 3.05. The summed E-state index contributed by atoms with van der Waals surface area (Å²) >= 11 is 0. The van der Waals surface area contributed by atoms with E-state index >= 15 is 0 Å². The zero-order chi connectivity index (χ0) is 13.9. The minimum Gasteiger partial charge on any atom is -0.454 e. The van der Waals surface area contributed by atoms with Crippen molar-refractivity contribution >= 4 is 0 Å². The molecule has 96 valence electrons. The predicted octanol–water partition coefficient (Wildman–Crippen LogP) is 4.19. The molecule has 3 rings (SSSR count). The molecule has 0 unspecified atom stereocenters. The molecule has 1 aromatic carbocycles. The van der Waals surface area contributed by atoms with E-state index in [1.165, 1.54) is 0 Å². The van der Waals surface area contributed by atoms with Crippen LogP contribution in [0.15, 0.2) is 59.1 Å². The molecule has 0 aliphatic rings. The Balaban J connectivity index is 1.97. The SMILES string of the molecule is Cc1ccc(-c2ccc(-c3cccc(C#N)c3)o2)nc1. The number of nitrogens with zero attached hydrogens (tertiary/aromatic N) is 2. The van der Waals surface area contributed by atoms with Crippen molar-refractivity contribution in [2.45, 2.75) is 6.92 Å². The smallest absolute Gasteiger partial charge is 0.153 e. The van der Waals surface area contributed by atoms with Crippen molar-refractivity contribution in [2.24, 2.45) is 0 Å². The molecule has 2 heterocycles. The lowest BCUT2D eigenvalue weighted by atomic mass is 10.1. The van der Waals surface area contributed by atoms with Crippen molar-refractivity contribution in [2.75, 3.05) is 0 Å². The van der Waals surface area contributed by atoms with Crippen molar-refractivity contribution in [3.63, 3.8) is 0 Å². The number of hydrogen-bond donors (Lipinski definition) is 0. The zero-order valence-electron chi connectivity index (χ0n) is 11.0. The van der Waals surface area contributed by atoms with Gasteiger partial charge in [0.1, 0.15) is 11.5 Å². The normalized spacial score (nSPS) is 10.2. The van der Waals surface area contributed by atoms with Crippen LogP contribution in [-0.4, -0.2) is 4.98 Å². The Labute approximate surface area is 117 Å². The molecule has 0 saturated heterocycles. The van der Waals surface area contributed by atoms with Crippen LogP contribution in [0, 0.1) is 18.3 Å². The highest BCUT2D eigenvalue weighted by Gasteiger charge is 2.08. The van der Waals surface area contributed by atoms with E-state index in [0.717, 1.165) is 28.3 Å². The van der Waals surface area contributed by atoms with Crippen LogP contribution in [0.3, 0.4) is 0 Å². The molecular formula is C17H12N2O. The molecule has 3 nitrogen and oxygen atoms in total. The van der Waals surface area contributed by atoms with Crippen molar-refractivity contribution in [3.05, 3.63) is 65.9 Å². The van der Waals surface area contributed by atoms with Gasteiger partial charge in [0, 0.05) is 11.8 Å². The number of aromatic nitrogens is 1. The molecule has 0 bridgehead atoms. The van der Waals surface area contributed by atoms with Gasteiger partial charge in [0.15, 0.2) is 5.76 Å². The first-order valence-corrected chi connectivity index (χ1v) is 6.30. The number of benzene rings is 1. The molecule has 20 heavy (non-hydrogen) atoms. The van der Waals surface area contributed by atoms with Crippen LogP contribution in [0.5, 0.6) is 0 Å². The Bertz CT molecular complexity index is 779. The maximum absolute atomic E-state index is 8.93. The fourth-order valence-corrected chi connectivity index (χ4v) is 1.99. The molecule has 0 aliphatic carbocycles. The van der Waals surface area contributed by atoms with Gasteiger partial charge in [0.2, 0.25) is 0 Å². The van der Waals surface area contributed by atoms with E-state index in [2.05, 4.69) is 11.1 Å². The second kappa shape index (κ2) is 5.02. The van der Waals surface area contributed by atoms with Crippen molar-refractivity contribution in [1.29, 1.82) is 5.26 Å². The molecule has 0 N–H and O–H groups in total. The Kier molecular flexibility index (Phi) is 3.06. The van der Waals surface area contributed by atoms with Crippen molar-refractivity contribution in [3.8, 4) is 28.8 Å². The minimum atomic E-state index is 0.619. The van der Waals surface area contributed by atoms with Gasteiger partial charge in [0.25, 0.3) is 0 Å². The Morgan fingerprint density at radius 2 is 1.90 bits per heavy atom. The van der Waals surface area contributed by atoms with Gasteiger partial charge < -0.3 is 4.42 Å². The molecule has 0 radical (unpaired) electrons. The highest BCUT2D eigenvalue weighted by atomic mass is 16.3. The third kappa shape index (κ3) is 2.32. The number of aryl methyl sites for hydroxylation is 1. The average Bonchev–Trinajstić information content (AvgIpc) is 2.98. The highest BCUT2D eigenvalue weighted by molar-refractivity contribution is 5.64. The molecule has 0 aliphatic heterocycles. The standard InChI is InChI=1S/C17H12N2O/c1-12-5-6-15(19-11-12)17-8-7-16(20-17)14-4-2-3-13(9-14)10-18/h2-9,11H,1H3. The van der Waals surface area contributed by atoms with E-state index in [0.29, 0.717) is 5.56 Å². The molecule has 0 fully saturated rings. The van der Waals surface area contributed by atoms with E-state index in [1.54, 1.807) is 6.07 Å². The number of pyridine rings is 1. The maximum Gasteiger partial charge on any atom is 0.153 e. The van der Waals surface area contributed by atoms with Gasteiger partial charge >= 0.3 is 0 Å². The first kappa shape index (κ1) is 12.2. The summed E-state index contributed by atoms with van der Waals surface area (Å²) in [6.45, 7) is 2.00. The minimum absolute atomic E-state index is 0.619. The van der Waals surface area contributed by atoms with E-state index in [9.17, 15) is 0 Å². The molecule has 0 amide bonds. The van der Waals surface area contributed by atoms with Gasteiger partial charge in [-0.25, -0.2) is 0 Å². The Hall–Kier alpha value is -2.86. The summed E-state index contributed by atoms with van der Waals surface area (Å²) in [4.78, 5) is 4.34. The first-order chi connectivity index (χ1) is 9.76. The summed E-state index contributed by atoms with van der Waals surface area (Å²) in [5.74, 6) is 1.46. The summed E-state index contributed by atoms with van der Waals surface area (Å²) < 4.78 is 5.82. The molecule has 3 heteroatoms. The monoisotopic (exact) mass is 260 g/mol. The summed E-state index contributed by atoms with van der Waals surface area (Å²) in [6.07, 6.45) is 1.81. The lowest BCUT2D eigenvalue weighted by Crippen LogP contribution is -1.81. The molecular weight excluding hydrogens is 248 g/mol. The van der Waals surface area contributed by atoms with E-state index in [-0.39, 0.29) is 0 Å². The number of hydrogen-bond acceptors (Lipinski definition) is 3. The molecule has 0 atom stereocenters.